The maximum atomic E-state index is 6.15. The highest BCUT2D eigenvalue weighted by molar-refractivity contribution is 6.30. The van der Waals surface area contributed by atoms with E-state index in [1.165, 1.54) is 16.8 Å². The van der Waals surface area contributed by atoms with Crippen molar-refractivity contribution in [1.82, 2.24) is 10.2 Å². The number of rotatable bonds is 7. The van der Waals surface area contributed by atoms with Gasteiger partial charge in [0.25, 0.3) is 0 Å². The normalized spacial score (nSPS) is 15.0. The second-order valence-corrected chi connectivity index (χ2v) is 7.95. The molecule has 1 heterocycles. The molecule has 3 aromatic rings. The second kappa shape index (κ2) is 9.93. The lowest BCUT2D eigenvalue weighted by molar-refractivity contribution is 0.255. The van der Waals surface area contributed by atoms with Crippen molar-refractivity contribution in [3.63, 3.8) is 0 Å². The third kappa shape index (κ3) is 5.39. The molecule has 0 amide bonds. The summed E-state index contributed by atoms with van der Waals surface area (Å²) in [7, 11) is 0. The average molecular weight is 406 g/mol. The number of halogens is 1. The molecule has 1 aliphatic rings. The summed E-state index contributed by atoms with van der Waals surface area (Å²) in [5.41, 5.74) is 3.84. The Bertz CT molecular complexity index is 837. The summed E-state index contributed by atoms with van der Waals surface area (Å²) in [5, 5.41) is 4.58. The molecule has 0 bridgehead atoms. The molecule has 0 aliphatic carbocycles. The molecule has 3 nitrogen and oxygen atoms in total. The van der Waals surface area contributed by atoms with E-state index in [0.717, 1.165) is 44.3 Å². The van der Waals surface area contributed by atoms with Crippen LogP contribution in [0.3, 0.4) is 0 Å². The predicted molar refractivity (Wildman–Crippen MR) is 123 cm³/mol. The van der Waals surface area contributed by atoms with E-state index < -0.39 is 0 Å². The molecular weight excluding hydrogens is 378 g/mol. The molecule has 4 heteroatoms. The smallest absolute Gasteiger partial charge is 0.0577 e. The van der Waals surface area contributed by atoms with Crippen LogP contribution in [0.5, 0.6) is 0 Å². The minimum Gasteiger partial charge on any atom is -0.369 e. The Labute approximate surface area is 178 Å². The van der Waals surface area contributed by atoms with Gasteiger partial charge in [0, 0.05) is 50.0 Å². The summed E-state index contributed by atoms with van der Waals surface area (Å²) < 4.78 is 0. The number of hydrogen-bond acceptors (Lipinski definition) is 3. The van der Waals surface area contributed by atoms with Crippen LogP contribution in [0.15, 0.2) is 84.9 Å². The Kier molecular flexibility index (Phi) is 6.83. The van der Waals surface area contributed by atoms with E-state index in [1.54, 1.807) is 0 Å². The summed E-state index contributed by atoms with van der Waals surface area (Å²) in [4.78, 5) is 4.97. The van der Waals surface area contributed by atoms with Gasteiger partial charge in [-0.15, -0.1) is 0 Å². The van der Waals surface area contributed by atoms with E-state index in [0.29, 0.717) is 0 Å². The van der Waals surface area contributed by atoms with Gasteiger partial charge in [-0.25, -0.2) is 0 Å². The lowest BCUT2D eigenvalue weighted by Crippen LogP contribution is -2.48. The SMILES string of the molecule is Clc1cccc(N2CCN(CCNC(c3ccccc3)c3ccccc3)CC2)c1. The van der Waals surface area contributed by atoms with E-state index in [9.17, 15) is 0 Å². The Morgan fingerprint density at radius 2 is 1.38 bits per heavy atom. The van der Waals surface area contributed by atoms with Crippen LogP contribution in [0.2, 0.25) is 5.02 Å². The summed E-state index contributed by atoms with van der Waals surface area (Å²) in [6, 6.07) is 29.8. The maximum Gasteiger partial charge on any atom is 0.0577 e. The van der Waals surface area contributed by atoms with Gasteiger partial charge in [0.05, 0.1) is 6.04 Å². The van der Waals surface area contributed by atoms with Crippen LogP contribution in [-0.2, 0) is 0 Å². The van der Waals surface area contributed by atoms with Crippen LogP contribution in [0.4, 0.5) is 5.69 Å². The molecule has 0 unspecified atom stereocenters. The van der Waals surface area contributed by atoms with E-state index >= 15 is 0 Å². The molecule has 4 rings (SSSR count). The highest BCUT2D eigenvalue weighted by Gasteiger charge is 2.18. The molecule has 1 aliphatic heterocycles. The monoisotopic (exact) mass is 405 g/mol. The van der Waals surface area contributed by atoms with E-state index in [1.807, 2.05) is 12.1 Å². The maximum absolute atomic E-state index is 6.15. The predicted octanol–water partition coefficient (Wildman–Crippen LogP) is 4.84. The zero-order chi connectivity index (χ0) is 19.9. The first-order chi connectivity index (χ1) is 14.3. The van der Waals surface area contributed by atoms with Crippen LogP contribution in [0.1, 0.15) is 17.2 Å². The first-order valence-corrected chi connectivity index (χ1v) is 10.7. The number of nitrogens with zero attached hydrogens (tertiary/aromatic N) is 2. The Morgan fingerprint density at radius 1 is 0.759 bits per heavy atom. The van der Waals surface area contributed by atoms with Crippen molar-refractivity contribution in [2.45, 2.75) is 6.04 Å². The molecule has 1 saturated heterocycles. The Morgan fingerprint density at radius 3 is 1.97 bits per heavy atom. The van der Waals surface area contributed by atoms with Crippen molar-refractivity contribution < 1.29 is 0 Å². The summed E-state index contributed by atoms with van der Waals surface area (Å²) in [6.07, 6.45) is 0. The average Bonchev–Trinajstić information content (AvgIpc) is 2.78. The molecule has 0 aromatic heterocycles. The van der Waals surface area contributed by atoms with Gasteiger partial charge in [-0.1, -0.05) is 78.3 Å². The summed E-state index contributed by atoms with van der Waals surface area (Å²) in [6.45, 7) is 6.26. The first kappa shape index (κ1) is 20.0. The van der Waals surface area contributed by atoms with Gasteiger partial charge >= 0.3 is 0 Å². The van der Waals surface area contributed by atoms with Crippen LogP contribution < -0.4 is 10.2 Å². The zero-order valence-electron chi connectivity index (χ0n) is 16.7. The van der Waals surface area contributed by atoms with Crippen molar-refractivity contribution in [1.29, 1.82) is 0 Å². The van der Waals surface area contributed by atoms with E-state index in [4.69, 9.17) is 11.6 Å². The number of hydrogen-bond donors (Lipinski definition) is 1. The van der Waals surface area contributed by atoms with Crippen LogP contribution in [-0.4, -0.2) is 44.2 Å². The minimum absolute atomic E-state index is 0.227. The fraction of sp³-hybridized carbons (Fsp3) is 0.280. The lowest BCUT2D eigenvalue weighted by atomic mass is 9.99. The van der Waals surface area contributed by atoms with Crippen LogP contribution in [0, 0.1) is 0 Å². The molecule has 29 heavy (non-hydrogen) atoms. The van der Waals surface area contributed by atoms with Gasteiger partial charge in [0.2, 0.25) is 0 Å². The second-order valence-electron chi connectivity index (χ2n) is 7.52. The van der Waals surface area contributed by atoms with Crippen molar-refractivity contribution in [2.75, 3.05) is 44.2 Å². The number of anilines is 1. The van der Waals surface area contributed by atoms with Gasteiger partial charge in [0.15, 0.2) is 0 Å². The quantitative estimate of drug-likeness (QED) is 0.606. The first-order valence-electron chi connectivity index (χ1n) is 10.4. The largest absolute Gasteiger partial charge is 0.369 e. The molecule has 0 atom stereocenters. The number of piperazine rings is 1. The molecule has 0 radical (unpaired) electrons. The fourth-order valence-corrected chi connectivity index (χ4v) is 4.17. The third-order valence-electron chi connectivity index (χ3n) is 5.59. The molecule has 0 saturated carbocycles. The van der Waals surface area contributed by atoms with Crippen molar-refractivity contribution in [3.8, 4) is 0 Å². The molecule has 1 fully saturated rings. The Hall–Kier alpha value is -2.33. The highest BCUT2D eigenvalue weighted by atomic mass is 35.5. The minimum atomic E-state index is 0.227. The lowest BCUT2D eigenvalue weighted by Gasteiger charge is -2.36. The summed E-state index contributed by atoms with van der Waals surface area (Å²) in [5.74, 6) is 0. The van der Waals surface area contributed by atoms with Crippen molar-refractivity contribution >= 4 is 17.3 Å². The van der Waals surface area contributed by atoms with Gasteiger partial charge in [-0.3, -0.25) is 4.90 Å². The highest BCUT2D eigenvalue weighted by Crippen LogP contribution is 2.22. The van der Waals surface area contributed by atoms with Crippen molar-refractivity contribution in [2.24, 2.45) is 0 Å². The van der Waals surface area contributed by atoms with Gasteiger partial charge in [-0.2, -0.15) is 0 Å². The van der Waals surface area contributed by atoms with Gasteiger partial charge < -0.3 is 10.2 Å². The Balaban J connectivity index is 1.31. The summed E-state index contributed by atoms with van der Waals surface area (Å²) >= 11 is 6.15. The molecule has 3 aromatic carbocycles. The third-order valence-corrected chi connectivity index (χ3v) is 5.82. The van der Waals surface area contributed by atoms with Crippen LogP contribution in [0.25, 0.3) is 0 Å². The topological polar surface area (TPSA) is 18.5 Å². The van der Waals surface area contributed by atoms with Gasteiger partial charge in [-0.05, 0) is 29.3 Å². The molecular formula is C25H28ClN3. The van der Waals surface area contributed by atoms with Gasteiger partial charge in [0.1, 0.15) is 0 Å². The number of nitrogens with one attached hydrogen (secondary N) is 1. The standard InChI is InChI=1S/C25H28ClN3/c26-23-12-7-13-24(20-23)29-18-16-28(17-19-29)15-14-27-25(21-8-3-1-4-9-21)22-10-5-2-6-11-22/h1-13,20,25,27H,14-19H2. The molecule has 0 spiro atoms. The fourth-order valence-electron chi connectivity index (χ4n) is 3.99. The number of benzene rings is 3. The van der Waals surface area contributed by atoms with Crippen molar-refractivity contribution in [3.05, 3.63) is 101 Å². The zero-order valence-corrected chi connectivity index (χ0v) is 17.4. The molecule has 150 valence electrons. The van der Waals surface area contributed by atoms with E-state index in [2.05, 4.69) is 87.9 Å². The van der Waals surface area contributed by atoms with Crippen LogP contribution >= 0.6 is 11.6 Å². The van der Waals surface area contributed by atoms with E-state index in [-0.39, 0.29) is 6.04 Å². The molecule has 1 N–H and O–H groups in total.